The molecule has 2 unspecified atom stereocenters. The predicted molar refractivity (Wildman–Crippen MR) is 414 cm³/mol. The Morgan fingerprint density at radius 1 is 0.267 bits per heavy atom. The summed E-state index contributed by atoms with van der Waals surface area (Å²) in [6.45, 7) is 7.36. The summed E-state index contributed by atoms with van der Waals surface area (Å²) in [5, 5.41) is 10.6. The van der Waals surface area contributed by atoms with Crippen LogP contribution in [0.2, 0.25) is 0 Å². The topological polar surface area (TPSA) is 237 Å². The fourth-order valence-corrected chi connectivity index (χ4v) is 14.3. The Labute approximate surface area is 619 Å². The summed E-state index contributed by atoms with van der Waals surface area (Å²) in [5.41, 5.74) is 0. The average Bonchev–Trinajstić information content (AvgIpc) is 0.943. The molecule has 0 rings (SSSR count). The third kappa shape index (κ3) is 76.1. The molecule has 3 N–H and O–H groups in total. The molecule has 19 heteroatoms. The SMILES string of the molecule is CCCCCCCCCCCCCCCCCCCCC(=O)OC[C@H](COP(=O)(O)OC[C@@H](O)COP(=O)(O)OC[C@@H](COC(=O)CCCCCCCCCCC)OC(=O)CCCCCCCCCCCCCCCCC)OC(=O)CCCCCCCCCCCCCCCCCCC(C)C. The third-order valence-corrected chi connectivity index (χ3v) is 21.2. The molecule has 0 fully saturated rings. The molecule has 0 bridgehead atoms. The molecule has 0 saturated heterocycles. The lowest BCUT2D eigenvalue weighted by molar-refractivity contribution is -0.161. The Bertz CT molecular complexity index is 1930. The summed E-state index contributed by atoms with van der Waals surface area (Å²) in [6, 6.07) is 0. The van der Waals surface area contributed by atoms with Crippen molar-refractivity contribution >= 4 is 39.5 Å². The summed E-state index contributed by atoms with van der Waals surface area (Å²) in [5.74, 6) is -1.30. The number of phosphoric ester groups is 2. The standard InChI is InChI=1S/C82H160O17P2/c1-6-9-12-15-18-21-23-25-27-28-29-34-37-41-46-51-56-61-66-80(85)93-72-78(99-82(87)68-63-58-53-48-43-39-35-31-30-33-36-40-45-49-54-59-64-75(4)5)74-97-101(90,91)95-70-76(83)69-94-100(88,89)96-73-77(71-92-79(84)65-60-55-50-44-20-17-14-11-8-3)98-81(86)67-62-57-52-47-42-38-32-26-24-22-19-16-13-10-7-2/h75-78,83H,6-74H2,1-5H3,(H,88,89)(H,90,91)/t76-,77+,78+/m0/s1. The van der Waals surface area contributed by atoms with Crippen LogP contribution in [-0.2, 0) is 65.4 Å². The van der Waals surface area contributed by atoms with E-state index in [1.807, 2.05) is 0 Å². The van der Waals surface area contributed by atoms with Crippen molar-refractivity contribution in [3.63, 3.8) is 0 Å². The first kappa shape index (κ1) is 99.1. The fraction of sp³-hybridized carbons (Fsp3) is 0.951. The van der Waals surface area contributed by atoms with Crippen LogP contribution in [-0.4, -0.2) is 96.7 Å². The molecule has 0 aliphatic carbocycles. The van der Waals surface area contributed by atoms with E-state index in [0.717, 1.165) is 95.8 Å². The van der Waals surface area contributed by atoms with Gasteiger partial charge in [-0.3, -0.25) is 37.3 Å². The monoisotopic (exact) mass is 1480 g/mol. The van der Waals surface area contributed by atoms with Gasteiger partial charge < -0.3 is 33.8 Å². The molecule has 0 aliphatic rings. The van der Waals surface area contributed by atoms with E-state index in [0.29, 0.717) is 25.7 Å². The minimum atomic E-state index is -4.96. The second-order valence-electron chi connectivity index (χ2n) is 30.0. The number of esters is 4. The van der Waals surface area contributed by atoms with Gasteiger partial charge in [0.05, 0.1) is 26.4 Å². The maximum Gasteiger partial charge on any atom is 0.472 e. The lowest BCUT2D eigenvalue weighted by Crippen LogP contribution is -2.30. The highest BCUT2D eigenvalue weighted by atomic mass is 31.2. The van der Waals surface area contributed by atoms with Crippen molar-refractivity contribution in [2.45, 2.75) is 457 Å². The minimum Gasteiger partial charge on any atom is -0.462 e. The van der Waals surface area contributed by atoms with E-state index in [1.165, 1.54) is 263 Å². The summed E-state index contributed by atoms with van der Waals surface area (Å²) >= 11 is 0. The zero-order valence-electron chi connectivity index (χ0n) is 66.1. The van der Waals surface area contributed by atoms with Crippen molar-refractivity contribution in [1.29, 1.82) is 0 Å². The molecule has 0 aliphatic heterocycles. The summed E-state index contributed by atoms with van der Waals surface area (Å²) in [6.07, 6.45) is 66.6. The van der Waals surface area contributed by atoms with Crippen LogP contribution in [0.5, 0.6) is 0 Å². The van der Waals surface area contributed by atoms with E-state index in [9.17, 15) is 43.2 Å². The van der Waals surface area contributed by atoms with Crippen molar-refractivity contribution in [3.8, 4) is 0 Å². The maximum atomic E-state index is 13.1. The number of unbranched alkanes of at least 4 members (excludes halogenated alkanes) is 54. The van der Waals surface area contributed by atoms with E-state index < -0.39 is 97.5 Å². The Kier molecular flexibility index (Phi) is 73.5. The van der Waals surface area contributed by atoms with Gasteiger partial charge in [0, 0.05) is 25.7 Å². The van der Waals surface area contributed by atoms with Crippen molar-refractivity contribution in [1.82, 2.24) is 0 Å². The first-order valence-corrected chi connectivity index (χ1v) is 45.6. The zero-order valence-corrected chi connectivity index (χ0v) is 67.8. The second kappa shape index (κ2) is 74.9. The van der Waals surface area contributed by atoms with Gasteiger partial charge in [0.1, 0.15) is 19.3 Å². The van der Waals surface area contributed by atoms with Crippen molar-refractivity contribution in [3.05, 3.63) is 0 Å². The van der Waals surface area contributed by atoms with Gasteiger partial charge in [0.2, 0.25) is 0 Å². The van der Waals surface area contributed by atoms with E-state index in [1.54, 1.807) is 0 Å². The third-order valence-electron chi connectivity index (χ3n) is 19.3. The molecule has 0 heterocycles. The quantitative estimate of drug-likeness (QED) is 0.0222. The largest absolute Gasteiger partial charge is 0.472 e. The Hall–Kier alpha value is -1.94. The Morgan fingerprint density at radius 2 is 0.455 bits per heavy atom. The molecule has 0 radical (unpaired) electrons. The molecule has 0 amide bonds. The van der Waals surface area contributed by atoms with Crippen LogP contribution in [0.3, 0.4) is 0 Å². The molecule has 0 aromatic rings. The van der Waals surface area contributed by atoms with E-state index >= 15 is 0 Å². The van der Waals surface area contributed by atoms with Gasteiger partial charge >= 0.3 is 39.5 Å². The first-order valence-electron chi connectivity index (χ1n) is 42.6. The molecule has 17 nitrogen and oxygen atoms in total. The number of carbonyl (C=O) groups is 4. The van der Waals surface area contributed by atoms with Gasteiger partial charge in [-0.05, 0) is 31.6 Å². The molecule has 0 spiro atoms. The second-order valence-corrected chi connectivity index (χ2v) is 32.9. The van der Waals surface area contributed by atoms with Gasteiger partial charge in [-0.2, -0.15) is 0 Å². The highest BCUT2D eigenvalue weighted by Gasteiger charge is 2.30. The van der Waals surface area contributed by atoms with Crippen LogP contribution < -0.4 is 0 Å². The minimum absolute atomic E-state index is 0.109. The van der Waals surface area contributed by atoms with Gasteiger partial charge in [-0.25, -0.2) is 9.13 Å². The number of aliphatic hydroxyl groups excluding tert-OH is 1. The van der Waals surface area contributed by atoms with Crippen LogP contribution in [0.25, 0.3) is 0 Å². The molecule has 600 valence electrons. The zero-order chi connectivity index (χ0) is 74.1. The lowest BCUT2D eigenvalue weighted by atomic mass is 10.0. The highest BCUT2D eigenvalue weighted by molar-refractivity contribution is 7.47. The van der Waals surface area contributed by atoms with Gasteiger partial charge in [-0.1, -0.05) is 388 Å². The summed E-state index contributed by atoms with van der Waals surface area (Å²) < 4.78 is 68.7. The first-order chi connectivity index (χ1) is 49.0. The van der Waals surface area contributed by atoms with Crippen molar-refractivity contribution < 1.29 is 80.2 Å². The van der Waals surface area contributed by atoms with E-state index in [-0.39, 0.29) is 25.7 Å². The number of carbonyl (C=O) groups excluding carboxylic acids is 4. The van der Waals surface area contributed by atoms with E-state index in [2.05, 4.69) is 34.6 Å². The Morgan fingerprint density at radius 3 is 0.673 bits per heavy atom. The van der Waals surface area contributed by atoms with E-state index in [4.69, 9.17) is 37.0 Å². The number of rotatable bonds is 82. The highest BCUT2D eigenvalue weighted by Crippen LogP contribution is 2.45. The van der Waals surface area contributed by atoms with Crippen molar-refractivity contribution in [2.24, 2.45) is 5.92 Å². The number of hydrogen-bond acceptors (Lipinski definition) is 15. The molecular formula is C82H160O17P2. The smallest absolute Gasteiger partial charge is 0.462 e. The number of hydrogen-bond donors (Lipinski definition) is 3. The van der Waals surface area contributed by atoms with Gasteiger partial charge in [0.15, 0.2) is 12.2 Å². The van der Waals surface area contributed by atoms with Crippen LogP contribution in [0.15, 0.2) is 0 Å². The Balaban J connectivity index is 5.22. The van der Waals surface area contributed by atoms with Crippen LogP contribution >= 0.6 is 15.6 Å². The number of ether oxygens (including phenoxy) is 4. The maximum absolute atomic E-state index is 13.1. The molecule has 0 saturated carbocycles. The lowest BCUT2D eigenvalue weighted by Gasteiger charge is -2.21. The predicted octanol–water partition coefficient (Wildman–Crippen LogP) is 24.8. The molecular weight excluding hydrogens is 1320 g/mol. The molecule has 0 aromatic carbocycles. The summed E-state index contributed by atoms with van der Waals surface area (Å²) in [7, 11) is -9.92. The summed E-state index contributed by atoms with van der Waals surface area (Å²) in [4.78, 5) is 73.0. The fourth-order valence-electron chi connectivity index (χ4n) is 12.8. The number of phosphoric acid groups is 2. The molecule has 101 heavy (non-hydrogen) atoms. The molecule has 5 atom stereocenters. The van der Waals surface area contributed by atoms with Gasteiger partial charge in [-0.15, -0.1) is 0 Å². The normalized spacial score (nSPS) is 13.8. The van der Waals surface area contributed by atoms with Crippen molar-refractivity contribution in [2.75, 3.05) is 39.6 Å². The van der Waals surface area contributed by atoms with Crippen LogP contribution in [0, 0.1) is 5.92 Å². The van der Waals surface area contributed by atoms with Crippen LogP contribution in [0.1, 0.15) is 439 Å². The number of aliphatic hydroxyl groups is 1. The molecule has 0 aromatic heterocycles. The average molecular weight is 1480 g/mol. The van der Waals surface area contributed by atoms with Gasteiger partial charge in [0.25, 0.3) is 0 Å². The van der Waals surface area contributed by atoms with Crippen LogP contribution in [0.4, 0.5) is 0 Å².